The van der Waals surface area contributed by atoms with Crippen LogP contribution in [-0.2, 0) is 4.79 Å². The minimum Gasteiger partial charge on any atom is -0.305 e. The van der Waals surface area contributed by atoms with Crippen LogP contribution in [0.5, 0.6) is 0 Å². The van der Waals surface area contributed by atoms with Gasteiger partial charge in [0.05, 0.1) is 5.54 Å². The van der Waals surface area contributed by atoms with Crippen molar-refractivity contribution in [3.63, 3.8) is 0 Å². The van der Waals surface area contributed by atoms with Crippen LogP contribution in [0.3, 0.4) is 0 Å². The summed E-state index contributed by atoms with van der Waals surface area (Å²) >= 11 is 0. The van der Waals surface area contributed by atoms with E-state index in [2.05, 4.69) is 12.2 Å². The molecule has 1 N–H and O–H groups in total. The minimum atomic E-state index is -0.271. The first kappa shape index (κ1) is 10.9. The second-order valence-corrected chi connectivity index (χ2v) is 3.74. The first-order valence-corrected chi connectivity index (χ1v) is 3.81. The van der Waals surface area contributed by atoms with E-state index in [9.17, 15) is 4.79 Å². The molecule has 1 heterocycles. The summed E-state index contributed by atoms with van der Waals surface area (Å²) in [7, 11) is 0. The largest absolute Gasteiger partial charge is 0.305 e. The quantitative estimate of drug-likeness (QED) is 0.606. The van der Waals surface area contributed by atoms with Gasteiger partial charge in [0.2, 0.25) is 0 Å². The van der Waals surface area contributed by atoms with E-state index < -0.39 is 0 Å². The maximum atomic E-state index is 11.3. The molecule has 1 saturated heterocycles. The number of Topliss-reactive ketones (excluding diaryl/α,β-unsaturated/α-hetero) is 1. The smallest absolute Gasteiger partial charge is 0.152 e. The van der Waals surface area contributed by atoms with Crippen molar-refractivity contribution in [2.45, 2.75) is 32.7 Å². The highest BCUT2D eigenvalue weighted by Gasteiger charge is 2.32. The summed E-state index contributed by atoms with van der Waals surface area (Å²) in [4.78, 5) is 11.3. The Morgan fingerprint density at radius 1 is 1.55 bits per heavy atom. The molecular weight excluding hydrogens is 162 g/mol. The molecule has 0 radical (unpaired) electrons. The second-order valence-electron chi connectivity index (χ2n) is 3.74. The molecule has 0 bridgehead atoms. The van der Waals surface area contributed by atoms with Gasteiger partial charge in [0, 0.05) is 6.42 Å². The Hall–Kier alpha value is -0.0800. The van der Waals surface area contributed by atoms with Gasteiger partial charge >= 0.3 is 0 Å². The third-order valence-corrected chi connectivity index (χ3v) is 2.12. The first-order valence-electron chi connectivity index (χ1n) is 3.81. The van der Waals surface area contributed by atoms with Gasteiger partial charge in [0.15, 0.2) is 5.78 Å². The summed E-state index contributed by atoms with van der Waals surface area (Å²) in [5.41, 5.74) is -0.271. The van der Waals surface area contributed by atoms with Crippen LogP contribution in [0, 0.1) is 5.92 Å². The van der Waals surface area contributed by atoms with Crippen molar-refractivity contribution in [1.29, 1.82) is 0 Å². The topological polar surface area (TPSA) is 29.1 Å². The molecule has 11 heavy (non-hydrogen) atoms. The van der Waals surface area contributed by atoms with Gasteiger partial charge in [-0.25, -0.2) is 0 Å². The average molecular weight is 178 g/mol. The molecular formula is C8H16ClNO. The Morgan fingerprint density at radius 3 is 2.45 bits per heavy atom. The summed E-state index contributed by atoms with van der Waals surface area (Å²) in [6, 6.07) is 0. The molecule has 0 aromatic carbocycles. The van der Waals surface area contributed by atoms with Crippen molar-refractivity contribution >= 4 is 18.2 Å². The van der Waals surface area contributed by atoms with Gasteiger partial charge in [-0.15, -0.1) is 12.4 Å². The van der Waals surface area contributed by atoms with E-state index in [4.69, 9.17) is 0 Å². The van der Waals surface area contributed by atoms with Crippen LogP contribution in [0.25, 0.3) is 0 Å². The van der Waals surface area contributed by atoms with E-state index in [1.165, 1.54) is 0 Å². The van der Waals surface area contributed by atoms with Gasteiger partial charge in [-0.1, -0.05) is 6.92 Å². The fraction of sp³-hybridized carbons (Fsp3) is 0.875. The van der Waals surface area contributed by atoms with Crippen LogP contribution in [0.15, 0.2) is 0 Å². The number of halogens is 1. The zero-order valence-corrected chi connectivity index (χ0v) is 8.12. The lowest BCUT2D eigenvalue weighted by atomic mass is 9.87. The van der Waals surface area contributed by atoms with Gasteiger partial charge in [0.25, 0.3) is 0 Å². The highest BCUT2D eigenvalue weighted by molar-refractivity contribution is 5.88. The molecule has 1 atom stereocenters. The zero-order valence-electron chi connectivity index (χ0n) is 7.31. The standard InChI is InChI=1S/C8H15NO.ClH/c1-6-4-7(10)8(2,3)9-5-6;/h6,9H,4-5H2,1-3H3;1H. The summed E-state index contributed by atoms with van der Waals surface area (Å²) in [5.74, 6) is 0.853. The van der Waals surface area contributed by atoms with E-state index in [1.807, 2.05) is 13.8 Å². The summed E-state index contributed by atoms with van der Waals surface area (Å²) < 4.78 is 0. The summed E-state index contributed by atoms with van der Waals surface area (Å²) in [6.45, 7) is 6.96. The molecule has 1 aliphatic rings. The molecule has 1 aliphatic heterocycles. The predicted molar refractivity (Wildman–Crippen MR) is 48.1 cm³/mol. The molecule has 0 spiro atoms. The molecule has 0 amide bonds. The molecule has 0 aliphatic carbocycles. The fourth-order valence-corrected chi connectivity index (χ4v) is 1.17. The van der Waals surface area contributed by atoms with Gasteiger partial charge in [-0.05, 0) is 26.3 Å². The fourth-order valence-electron chi connectivity index (χ4n) is 1.17. The maximum Gasteiger partial charge on any atom is 0.152 e. The van der Waals surface area contributed by atoms with Crippen LogP contribution in [-0.4, -0.2) is 17.9 Å². The van der Waals surface area contributed by atoms with Crippen molar-refractivity contribution < 1.29 is 4.79 Å². The summed E-state index contributed by atoms with van der Waals surface area (Å²) in [5, 5.41) is 3.21. The van der Waals surface area contributed by atoms with E-state index in [0.717, 1.165) is 13.0 Å². The highest BCUT2D eigenvalue weighted by Crippen LogP contribution is 2.17. The molecule has 0 aromatic heterocycles. The van der Waals surface area contributed by atoms with Crippen LogP contribution < -0.4 is 5.32 Å². The Morgan fingerprint density at radius 2 is 2.09 bits per heavy atom. The van der Waals surface area contributed by atoms with Crippen LogP contribution in [0.1, 0.15) is 27.2 Å². The monoisotopic (exact) mass is 177 g/mol. The average Bonchev–Trinajstić information content (AvgIpc) is 1.81. The van der Waals surface area contributed by atoms with Crippen molar-refractivity contribution in [3.05, 3.63) is 0 Å². The van der Waals surface area contributed by atoms with Crippen molar-refractivity contribution in [2.24, 2.45) is 5.92 Å². The molecule has 2 nitrogen and oxygen atoms in total. The lowest BCUT2D eigenvalue weighted by Gasteiger charge is -2.32. The SMILES string of the molecule is CC1CNC(C)(C)C(=O)C1.Cl. The van der Waals surface area contributed by atoms with E-state index >= 15 is 0 Å². The second kappa shape index (κ2) is 3.55. The highest BCUT2D eigenvalue weighted by atomic mass is 35.5. The van der Waals surface area contributed by atoms with Crippen LogP contribution in [0.2, 0.25) is 0 Å². The number of piperidine rings is 1. The van der Waals surface area contributed by atoms with Crippen molar-refractivity contribution in [2.75, 3.05) is 6.54 Å². The number of ketones is 1. The Bertz CT molecular complexity index is 156. The Kier molecular flexibility index (Phi) is 3.52. The number of rotatable bonds is 0. The third kappa shape index (κ3) is 2.46. The number of carbonyl (C=O) groups is 1. The molecule has 66 valence electrons. The lowest BCUT2D eigenvalue weighted by Crippen LogP contribution is -2.53. The number of hydrogen-bond acceptors (Lipinski definition) is 2. The molecule has 1 rings (SSSR count). The first-order chi connectivity index (χ1) is 4.52. The molecule has 0 saturated carbocycles. The van der Waals surface area contributed by atoms with Crippen LogP contribution >= 0.6 is 12.4 Å². The zero-order chi connectivity index (χ0) is 7.78. The molecule has 1 unspecified atom stereocenters. The molecule has 3 heteroatoms. The lowest BCUT2D eigenvalue weighted by molar-refractivity contribution is -0.127. The van der Waals surface area contributed by atoms with Gasteiger partial charge in [-0.3, -0.25) is 4.79 Å². The maximum absolute atomic E-state index is 11.3. The summed E-state index contributed by atoms with van der Waals surface area (Å²) in [6.07, 6.45) is 0.736. The van der Waals surface area contributed by atoms with Crippen molar-refractivity contribution in [3.8, 4) is 0 Å². The predicted octanol–water partition coefficient (Wildman–Crippen LogP) is 1.39. The molecule has 0 aromatic rings. The Labute approximate surface area is 74.2 Å². The number of hydrogen-bond donors (Lipinski definition) is 1. The third-order valence-electron chi connectivity index (χ3n) is 2.12. The van der Waals surface area contributed by atoms with Gasteiger partial charge in [-0.2, -0.15) is 0 Å². The van der Waals surface area contributed by atoms with Gasteiger partial charge < -0.3 is 5.32 Å². The number of carbonyl (C=O) groups excluding carboxylic acids is 1. The van der Waals surface area contributed by atoms with E-state index in [-0.39, 0.29) is 17.9 Å². The van der Waals surface area contributed by atoms with E-state index in [1.54, 1.807) is 0 Å². The number of nitrogens with one attached hydrogen (secondary N) is 1. The van der Waals surface area contributed by atoms with Gasteiger partial charge in [0.1, 0.15) is 0 Å². The minimum absolute atomic E-state index is 0. The normalized spacial score (nSPS) is 29.4. The molecule has 1 fully saturated rings. The van der Waals surface area contributed by atoms with Crippen LogP contribution in [0.4, 0.5) is 0 Å². The van der Waals surface area contributed by atoms with E-state index in [0.29, 0.717) is 11.7 Å². The Balaban J connectivity index is 0.000001000. The van der Waals surface area contributed by atoms with Crippen molar-refractivity contribution in [1.82, 2.24) is 5.32 Å².